The Balaban J connectivity index is 3.45. The largest absolute Gasteiger partial charge is 0.465 e. The van der Waals surface area contributed by atoms with Crippen LogP contribution in [0.5, 0.6) is 0 Å². The van der Waals surface area contributed by atoms with Gasteiger partial charge in [0.15, 0.2) is 5.41 Å². The number of nitrogens with zero attached hydrogens (tertiary/aromatic N) is 1. The highest BCUT2D eigenvalue weighted by molar-refractivity contribution is 6.06. The first-order valence-electron chi connectivity index (χ1n) is 10.4. The number of hydrogen-bond donors (Lipinski definition) is 1. The van der Waals surface area contributed by atoms with Gasteiger partial charge in [0, 0.05) is 25.4 Å². The topological polar surface area (TPSA) is 127 Å². The molecular formula is C22H34N2O7. The molecule has 0 aliphatic heterocycles. The predicted molar refractivity (Wildman–Crippen MR) is 113 cm³/mol. The molecule has 9 heteroatoms. The summed E-state index contributed by atoms with van der Waals surface area (Å²) in [4.78, 5) is 43.0. The number of rotatable bonds is 11. The van der Waals surface area contributed by atoms with E-state index in [1.165, 1.54) is 12.4 Å². The maximum absolute atomic E-state index is 13.1. The third-order valence-electron chi connectivity index (χ3n) is 4.42. The monoisotopic (exact) mass is 438 g/mol. The molecule has 31 heavy (non-hydrogen) atoms. The lowest BCUT2D eigenvalue weighted by Gasteiger charge is -2.35. The van der Waals surface area contributed by atoms with Gasteiger partial charge in [-0.1, -0.05) is 6.07 Å². The van der Waals surface area contributed by atoms with Crippen LogP contribution < -0.4 is 5.73 Å². The Bertz CT molecular complexity index is 728. The number of nitrogens with two attached hydrogens (primary N) is 1. The molecule has 2 N–H and O–H groups in total. The fourth-order valence-corrected chi connectivity index (χ4v) is 3.02. The molecule has 1 aromatic rings. The molecule has 1 rings (SSSR count). The summed E-state index contributed by atoms with van der Waals surface area (Å²) < 4.78 is 21.4. The zero-order chi connectivity index (χ0) is 23.7. The van der Waals surface area contributed by atoms with Crippen LogP contribution in [0.4, 0.5) is 0 Å². The molecule has 0 aromatic carbocycles. The number of carbonyl (C=O) groups excluding carboxylic acids is 3. The molecule has 1 heterocycles. The van der Waals surface area contributed by atoms with E-state index in [4.69, 9.17) is 24.7 Å². The lowest BCUT2D eigenvalue weighted by molar-refractivity contribution is -0.186. The summed E-state index contributed by atoms with van der Waals surface area (Å²) in [6.45, 7) is 10.3. The minimum absolute atomic E-state index is 0.0472. The van der Waals surface area contributed by atoms with Crippen molar-refractivity contribution in [2.75, 3.05) is 19.8 Å². The molecule has 0 spiro atoms. The van der Waals surface area contributed by atoms with Crippen LogP contribution in [0.25, 0.3) is 0 Å². The number of carbonyl (C=O) groups is 3. The van der Waals surface area contributed by atoms with Gasteiger partial charge >= 0.3 is 17.9 Å². The molecule has 1 aromatic heterocycles. The van der Waals surface area contributed by atoms with E-state index < -0.39 is 34.6 Å². The average molecular weight is 439 g/mol. The standard InChI is InChI=1S/C22H34N2O7/c1-7-28-17(25)21(18(26)29-8-2,16-11-10-14-24-15-16)12-13-22(23,30-9-3)19(27)31-20(4,5)6/h10-11,14-15H,7-9,12-13,23H2,1-6H3. The molecule has 0 radical (unpaired) electrons. The van der Waals surface area contributed by atoms with Gasteiger partial charge in [0.05, 0.1) is 13.2 Å². The summed E-state index contributed by atoms with van der Waals surface area (Å²) in [5, 5.41) is 0. The van der Waals surface area contributed by atoms with E-state index in [0.717, 1.165) is 0 Å². The number of esters is 3. The molecule has 1 unspecified atom stereocenters. The Morgan fingerprint density at radius 1 is 0.935 bits per heavy atom. The summed E-state index contributed by atoms with van der Waals surface area (Å²) in [6, 6.07) is 3.17. The Hall–Kier alpha value is -2.52. The number of pyridine rings is 1. The third kappa shape index (κ3) is 6.73. The van der Waals surface area contributed by atoms with Gasteiger partial charge < -0.3 is 18.9 Å². The normalized spacial score (nSPS) is 13.8. The summed E-state index contributed by atoms with van der Waals surface area (Å²) >= 11 is 0. The van der Waals surface area contributed by atoms with Crippen molar-refractivity contribution in [2.45, 2.75) is 71.1 Å². The second-order valence-corrected chi connectivity index (χ2v) is 7.91. The zero-order valence-corrected chi connectivity index (χ0v) is 19.2. The van der Waals surface area contributed by atoms with Crippen molar-refractivity contribution in [3.8, 4) is 0 Å². The first-order chi connectivity index (χ1) is 14.5. The van der Waals surface area contributed by atoms with Crippen LogP contribution in [-0.4, -0.2) is 54.0 Å². The van der Waals surface area contributed by atoms with Crippen molar-refractivity contribution < 1.29 is 33.3 Å². The minimum Gasteiger partial charge on any atom is -0.465 e. The lowest BCUT2D eigenvalue weighted by Crippen LogP contribution is -2.55. The molecule has 0 saturated heterocycles. The van der Waals surface area contributed by atoms with Gasteiger partial charge in [0.25, 0.3) is 0 Å². The molecule has 0 aliphatic rings. The molecule has 0 bridgehead atoms. The van der Waals surface area contributed by atoms with Crippen LogP contribution in [0.1, 0.15) is 59.9 Å². The molecule has 0 fully saturated rings. The Labute approximate surface area is 183 Å². The van der Waals surface area contributed by atoms with E-state index in [2.05, 4.69) is 4.98 Å². The Kier molecular flexibility index (Phi) is 9.58. The smallest absolute Gasteiger partial charge is 0.354 e. The summed E-state index contributed by atoms with van der Waals surface area (Å²) in [6.07, 6.45) is 2.48. The van der Waals surface area contributed by atoms with Gasteiger partial charge in [0.2, 0.25) is 5.72 Å². The van der Waals surface area contributed by atoms with Gasteiger partial charge in [-0.3, -0.25) is 20.3 Å². The minimum atomic E-state index is -1.88. The van der Waals surface area contributed by atoms with E-state index in [9.17, 15) is 14.4 Å². The Morgan fingerprint density at radius 2 is 1.52 bits per heavy atom. The van der Waals surface area contributed by atoms with Crippen molar-refractivity contribution in [3.63, 3.8) is 0 Å². The second kappa shape index (κ2) is 11.2. The maximum Gasteiger partial charge on any atom is 0.354 e. The first-order valence-corrected chi connectivity index (χ1v) is 10.4. The van der Waals surface area contributed by atoms with E-state index >= 15 is 0 Å². The number of hydrogen-bond acceptors (Lipinski definition) is 9. The van der Waals surface area contributed by atoms with Crippen LogP contribution in [0.15, 0.2) is 24.5 Å². The third-order valence-corrected chi connectivity index (χ3v) is 4.42. The highest BCUT2D eigenvalue weighted by atomic mass is 16.6. The molecule has 174 valence electrons. The fourth-order valence-electron chi connectivity index (χ4n) is 3.02. The van der Waals surface area contributed by atoms with Crippen LogP contribution in [0, 0.1) is 0 Å². The van der Waals surface area contributed by atoms with Crippen molar-refractivity contribution in [1.82, 2.24) is 4.98 Å². The maximum atomic E-state index is 13.1. The van der Waals surface area contributed by atoms with E-state index in [0.29, 0.717) is 0 Å². The average Bonchev–Trinajstić information content (AvgIpc) is 2.68. The van der Waals surface area contributed by atoms with Crippen LogP contribution in [-0.2, 0) is 38.7 Å². The molecular weight excluding hydrogens is 404 g/mol. The van der Waals surface area contributed by atoms with Crippen molar-refractivity contribution in [1.29, 1.82) is 0 Å². The van der Waals surface area contributed by atoms with Gasteiger partial charge in [-0.25, -0.2) is 4.79 Å². The Morgan fingerprint density at radius 3 is 1.94 bits per heavy atom. The molecule has 0 amide bonds. The molecule has 0 aliphatic carbocycles. The highest BCUT2D eigenvalue weighted by Gasteiger charge is 2.53. The van der Waals surface area contributed by atoms with Crippen LogP contribution in [0.3, 0.4) is 0 Å². The summed E-state index contributed by atoms with van der Waals surface area (Å²) in [7, 11) is 0. The fraction of sp³-hybridized carbons (Fsp3) is 0.636. The highest BCUT2D eigenvalue weighted by Crippen LogP contribution is 2.35. The quantitative estimate of drug-likeness (QED) is 0.239. The molecule has 0 saturated carbocycles. The zero-order valence-electron chi connectivity index (χ0n) is 19.2. The van der Waals surface area contributed by atoms with E-state index in [-0.39, 0.29) is 38.2 Å². The predicted octanol–water partition coefficient (Wildman–Crippen LogP) is 2.26. The van der Waals surface area contributed by atoms with Gasteiger partial charge in [-0.2, -0.15) is 0 Å². The van der Waals surface area contributed by atoms with Crippen molar-refractivity contribution in [3.05, 3.63) is 30.1 Å². The summed E-state index contributed by atoms with van der Waals surface area (Å²) in [5.74, 6) is -2.43. The van der Waals surface area contributed by atoms with Gasteiger partial charge in [-0.15, -0.1) is 0 Å². The molecule has 1 atom stereocenters. The summed E-state index contributed by atoms with van der Waals surface area (Å²) in [5.41, 5.74) is 1.99. The molecule has 9 nitrogen and oxygen atoms in total. The number of ether oxygens (including phenoxy) is 4. The van der Waals surface area contributed by atoms with Crippen molar-refractivity contribution >= 4 is 17.9 Å². The van der Waals surface area contributed by atoms with Crippen LogP contribution in [0.2, 0.25) is 0 Å². The van der Waals surface area contributed by atoms with E-state index in [1.807, 2.05) is 0 Å². The SMILES string of the molecule is CCOC(=O)C(CCC(N)(OCC)C(=O)OC(C)(C)C)(C(=O)OCC)c1cccnc1. The van der Waals surface area contributed by atoms with Crippen LogP contribution >= 0.6 is 0 Å². The number of aromatic nitrogens is 1. The first kappa shape index (κ1) is 26.5. The lowest BCUT2D eigenvalue weighted by atomic mass is 9.75. The van der Waals surface area contributed by atoms with Gasteiger partial charge in [-0.05, 0) is 59.6 Å². The van der Waals surface area contributed by atoms with Crippen molar-refractivity contribution in [2.24, 2.45) is 5.73 Å². The van der Waals surface area contributed by atoms with E-state index in [1.54, 1.807) is 53.7 Å². The van der Waals surface area contributed by atoms with Gasteiger partial charge in [0.1, 0.15) is 5.60 Å². The second-order valence-electron chi connectivity index (χ2n) is 7.91.